The van der Waals surface area contributed by atoms with Crippen molar-refractivity contribution in [3.05, 3.63) is 40.8 Å². The van der Waals surface area contributed by atoms with Gasteiger partial charge in [-0.25, -0.2) is 9.88 Å². The second kappa shape index (κ2) is 9.46. The molecular weight excluding hydrogens is 460 g/mol. The van der Waals surface area contributed by atoms with E-state index in [-0.39, 0.29) is 5.91 Å². The van der Waals surface area contributed by atoms with Gasteiger partial charge in [-0.3, -0.25) is 9.69 Å². The lowest BCUT2D eigenvalue weighted by Crippen LogP contribution is -2.41. The first-order valence-corrected chi connectivity index (χ1v) is 13.3. The number of ether oxygens (including phenoxy) is 1. The van der Waals surface area contributed by atoms with Crippen molar-refractivity contribution in [3.63, 3.8) is 0 Å². The largest absolute Gasteiger partial charge is 0.378 e. The number of thiophene rings is 1. The molecule has 0 radical (unpaired) electrons. The third kappa shape index (κ3) is 4.42. The summed E-state index contributed by atoms with van der Waals surface area (Å²) >= 11 is 1.79. The number of aromatic nitrogens is 2. The van der Waals surface area contributed by atoms with Crippen molar-refractivity contribution in [1.82, 2.24) is 19.8 Å². The molecule has 6 rings (SSSR count). The Balaban J connectivity index is 1.35. The molecule has 0 spiro atoms. The summed E-state index contributed by atoms with van der Waals surface area (Å²) < 4.78 is 6.71. The maximum Gasteiger partial charge on any atom is 0.239 e. The van der Waals surface area contributed by atoms with Gasteiger partial charge in [-0.2, -0.15) is 4.98 Å². The Morgan fingerprint density at radius 1 is 1.09 bits per heavy atom. The first kappa shape index (κ1) is 22.8. The number of hydrogen-bond donors (Lipinski definition) is 0. The number of rotatable bonds is 5. The summed E-state index contributed by atoms with van der Waals surface area (Å²) in [6.45, 7) is 6.12. The van der Waals surface area contributed by atoms with E-state index in [4.69, 9.17) is 14.7 Å². The Hall–Kier alpha value is -2.59. The summed E-state index contributed by atoms with van der Waals surface area (Å²) in [5, 5.41) is 0. The van der Waals surface area contributed by atoms with Gasteiger partial charge in [0.05, 0.1) is 35.5 Å². The normalized spacial score (nSPS) is 19.8. The zero-order valence-corrected chi connectivity index (χ0v) is 21.3. The van der Waals surface area contributed by atoms with Gasteiger partial charge in [0.25, 0.3) is 0 Å². The van der Waals surface area contributed by atoms with Crippen LogP contribution in [-0.2, 0) is 22.5 Å². The van der Waals surface area contributed by atoms with E-state index in [0.29, 0.717) is 31.6 Å². The molecule has 2 aromatic heterocycles. The number of anilines is 3. The summed E-state index contributed by atoms with van der Waals surface area (Å²) in [4.78, 5) is 33.1. The molecule has 1 aromatic carbocycles. The van der Waals surface area contributed by atoms with Gasteiger partial charge in [-0.1, -0.05) is 18.2 Å². The molecule has 0 aliphatic carbocycles. The highest BCUT2D eigenvalue weighted by Crippen LogP contribution is 2.39. The van der Waals surface area contributed by atoms with Gasteiger partial charge in [0.15, 0.2) is 5.82 Å². The van der Waals surface area contributed by atoms with Crippen molar-refractivity contribution in [1.29, 1.82) is 0 Å². The molecule has 2 fully saturated rings. The molecule has 9 heteroatoms. The van der Waals surface area contributed by atoms with Crippen LogP contribution in [0.15, 0.2) is 30.3 Å². The van der Waals surface area contributed by atoms with E-state index in [1.54, 1.807) is 16.2 Å². The van der Waals surface area contributed by atoms with Crippen LogP contribution in [0, 0.1) is 0 Å². The molecule has 1 amide bonds. The standard InChI is InChI=1S/C26H32N6O2S/c1-29(2)19-7-9-30(10-8-19)17-20-16-21-24(35-20)25(31-11-13-34-14-12-31)28-26(27-21)32-22-6-4-3-5-18(22)15-23(32)33/h3-6,16,19H,7-15,17H2,1-2H3. The van der Waals surface area contributed by atoms with Crippen molar-refractivity contribution in [3.8, 4) is 0 Å². The van der Waals surface area contributed by atoms with Crippen LogP contribution in [0.3, 0.4) is 0 Å². The summed E-state index contributed by atoms with van der Waals surface area (Å²) in [5.41, 5.74) is 2.85. The number of carbonyl (C=O) groups is 1. The number of benzene rings is 1. The first-order valence-electron chi connectivity index (χ1n) is 12.5. The summed E-state index contributed by atoms with van der Waals surface area (Å²) in [6, 6.07) is 10.8. The molecule has 184 valence electrons. The molecule has 8 nitrogen and oxygen atoms in total. The lowest BCUT2D eigenvalue weighted by atomic mass is 10.0. The van der Waals surface area contributed by atoms with Crippen molar-refractivity contribution < 1.29 is 9.53 Å². The quantitative estimate of drug-likeness (QED) is 0.542. The molecule has 35 heavy (non-hydrogen) atoms. The lowest BCUT2D eigenvalue weighted by Gasteiger charge is -2.34. The van der Waals surface area contributed by atoms with Crippen molar-refractivity contribution in [2.24, 2.45) is 0 Å². The highest BCUT2D eigenvalue weighted by Gasteiger charge is 2.32. The fourth-order valence-corrected chi connectivity index (χ4v) is 6.56. The number of fused-ring (bicyclic) bond motifs is 2. The predicted octanol–water partition coefficient (Wildman–Crippen LogP) is 3.27. The Morgan fingerprint density at radius 3 is 2.63 bits per heavy atom. The number of piperidine rings is 1. The molecule has 0 bridgehead atoms. The van der Waals surface area contributed by atoms with Crippen LogP contribution in [0.1, 0.15) is 23.3 Å². The molecule has 3 aliphatic rings. The minimum Gasteiger partial charge on any atom is -0.378 e. The van der Waals surface area contributed by atoms with E-state index in [1.165, 1.54) is 17.7 Å². The lowest BCUT2D eigenvalue weighted by molar-refractivity contribution is -0.116. The van der Waals surface area contributed by atoms with Gasteiger partial charge in [-0.05, 0) is 44.6 Å². The molecule has 2 saturated heterocycles. The van der Waals surface area contributed by atoms with Gasteiger partial charge in [0, 0.05) is 43.6 Å². The van der Waals surface area contributed by atoms with Crippen LogP contribution in [0.4, 0.5) is 17.5 Å². The van der Waals surface area contributed by atoms with Gasteiger partial charge in [0.2, 0.25) is 11.9 Å². The summed E-state index contributed by atoms with van der Waals surface area (Å²) in [7, 11) is 4.36. The average molecular weight is 493 g/mol. The Kier molecular flexibility index (Phi) is 6.18. The smallest absolute Gasteiger partial charge is 0.239 e. The average Bonchev–Trinajstić information content (AvgIpc) is 3.43. The maximum atomic E-state index is 13.0. The summed E-state index contributed by atoms with van der Waals surface area (Å²) in [6.07, 6.45) is 2.80. The highest BCUT2D eigenvalue weighted by molar-refractivity contribution is 7.19. The number of likely N-dealkylation sites (tertiary alicyclic amines) is 1. The minimum absolute atomic E-state index is 0.0256. The zero-order chi connectivity index (χ0) is 23.9. The molecule has 3 aromatic rings. The number of morpholine rings is 1. The number of nitrogens with zero attached hydrogens (tertiary/aromatic N) is 6. The number of amides is 1. The van der Waals surface area contributed by atoms with E-state index in [9.17, 15) is 4.79 Å². The molecule has 0 unspecified atom stereocenters. The van der Waals surface area contributed by atoms with Crippen molar-refractivity contribution in [2.45, 2.75) is 31.8 Å². The fourth-order valence-electron chi connectivity index (χ4n) is 5.41. The highest BCUT2D eigenvalue weighted by atomic mass is 32.1. The van der Waals surface area contributed by atoms with E-state index in [1.807, 2.05) is 24.3 Å². The molecule has 0 saturated carbocycles. The van der Waals surface area contributed by atoms with Crippen LogP contribution in [0.25, 0.3) is 10.2 Å². The van der Waals surface area contributed by atoms with Crippen LogP contribution < -0.4 is 9.80 Å². The third-order valence-corrected chi connectivity index (χ3v) is 8.50. The molecule has 5 heterocycles. The molecular formula is C26H32N6O2S. The van der Waals surface area contributed by atoms with Gasteiger partial charge in [0.1, 0.15) is 0 Å². The topological polar surface area (TPSA) is 65.0 Å². The second-order valence-corrected chi connectivity index (χ2v) is 11.0. The van der Waals surface area contributed by atoms with E-state index >= 15 is 0 Å². The Labute approximate surface area is 210 Å². The van der Waals surface area contributed by atoms with E-state index in [2.05, 4.69) is 34.9 Å². The van der Waals surface area contributed by atoms with Crippen LogP contribution in [-0.4, -0.2) is 85.2 Å². The van der Waals surface area contributed by atoms with E-state index < -0.39 is 0 Å². The monoisotopic (exact) mass is 492 g/mol. The Bertz CT molecular complexity index is 1230. The molecule has 3 aliphatic heterocycles. The van der Waals surface area contributed by atoms with Crippen molar-refractivity contribution in [2.75, 3.05) is 63.3 Å². The predicted molar refractivity (Wildman–Crippen MR) is 140 cm³/mol. The summed E-state index contributed by atoms with van der Waals surface area (Å²) in [5.74, 6) is 1.43. The number of hydrogen-bond acceptors (Lipinski definition) is 8. The van der Waals surface area contributed by atoms with Crippen LogP contribution in [0.2, 0.25) is 0 Å². The molecule has 0 N–H and O–H groups in total. The first-order chi connectivity index (χ1) is 17.1. The van der Waals surface area contributed by atoms with Crippen LogP contribution >= 0.6 is 11.3 Å². The zero-order valence-electron chi connectivity index (χ0n) is 20.4. The van der Waals surface area contributed by atoms with Gasteiger partial charge >= 0.3 is 0 Å². The van der Waals surface area contributed by atoms with Gasteiger partial charge in [-0.15, -0.1) is 11.3 Å². The van der Waals surface area contributed by atoms with Crippen LogP contribution in [0.5, 0.6) is 0 Å². The number of para-hydroxylation sites is 1. The maximum absolute atomic E-state index is 13.0. The SMILES string of the molecule is CN(C)C1CCN(Cc2cc3nc(N4C(=O)Cc5ccccc54)nc(N4CCOCC4)c3s2)CC1. The molecule has 0 atom stereocenters. The van der Waals surface area contributed by atoms with Crippen molar-refractivity contribution >= 4 is 44.9 Å². The minimum atomic E-state index is 0.0256. The Morgan fingerprint density at radius 2 is 1.86 bits per heavy atom. The van der Waals surface area contributed by atoms with Gasteiger partial charge < -0.3 is 14.5 Å². The third-order valence-electron chi connectivity index (χ3n) is 7.39. The van der Waals surface area contributed by atoms with E-state index in [0.717, 1.165) is 60.0 Å². The fraction of sp³-hybridized carbons (Fsp3) is 0.500. The second-order valence-electron chi connectivity index (χ2n) is 9.88. The number of carbonyl (C=O) groups excluding carboxylic acids is 1.